The van der Waals surface area contributed by atoms with Gasteiger partial charge in [-0.05, 0) is 60.2 Å². The third-order valence-corrected chi connectivity index (χ3v) is 6.23. The largest absolute Gasteiger partial charge is 0.366 e. The van der Waals surface area contributed by atoms with Crippen molar-refractivity contribution in [3.8, 4) is 11.1 Å². The van der Waals surface area contributed by atoms with Crippen LogP contribution in [0, 0.1) is 17.7 Å². The maximum Gasteiger partial charge on any atom is 0.249 e. The number of rotatable bonds is 4. The molecule has 0 unspecified atom stereocenters. The third-order valence-electron chi connectivity index (χ3n) is 5.68. The lowest BCUT2D eigenvalue weighted by molar-refractivity contribution is 0.100. The van der Waals surface area contributed by atoms with E-state index in [1.807, 2.05) is 6.07 Å². The van der Waals surface area contributed by atoms with E-state index in [0.29, 0.717) is 37.4 Å². The van der Waals surface area contributed by atoms with E-state index in [2.05, 4.69) is 6.07 Å². The number of hydrogen-bond donors (Lipinski definition) is 1. The Morgan fingerprint density at radius 1 is 0.970 bits per heavy atom. The molecule has 0 aliphatic rings. The Morgan fingerprint density at radius 3 is 2.39 bits per heavy atom. The zero-order valence-electron chi connectivity index (χ0n) is 17.0. The smallest absolute Gasteiger partial charge is 0.249 e. The second kappa shape index (κ2) is 8.18. The molecule has 0 fully saturated rings. The molecule has 0 spiro atoms. The Kier molecular flexibility index (Phi) is 5.31. The summed E-state index contributed by atoms with van der Waals surface area (Å²) >= 11 is 12.4. The lowest BCUT2D eigenvalue weighted by atomic mass is 10.0. The summed E-state index contributed by atoms with van der Waals surface area (Å²) < 4.78 is 30.8. The Labute approximate surface area is 197 Å². The first kappa shape index (κ1) is 21.4. The second-order valence-corrected chi connectivity index (χ2v) is 8.47. The molecule has 1 amide bonds. The van der Waals surface area contributed by atoms with E-state index in [-0.39, 0.29) is 12.1 Å². The summed E-state index contributed by atoms with van der Waals surface area (Å²) in [4.78, 5) is 12.1. The van der Waals surface area contributed by atoms with E-state index < -0.39 is 17.5 Å². The molecule has 2 N–H and O–H groups in total. The molecule has 1 heterocycles. The monoisotopic (exact) mass is 479 g/mol. The van der Waals surface area contributed by atoms with Crippen LogP contribution >= 0.6 is 23.2 Å². The molecule has 1 radical (unpaired) electrons. The van der Waals surface area contributed by atoms with Crippen LogP contribution in [0.4, 0.5) is 8.78 Å². The number of amides is 1. The average molecular weight is 480 g/mol. The van der Waals surface area contributed by atoms with Crippen LogP contribution in [0.25, 0.3) is 32.9 Å². The number of carbonyl (C=O) groups excluding carboxylic acids is 1. The highest BCUT2D eigenvalue weighted by Crippen LogP contribution is 2.37. The van der Waals surface area contributed by atoms with E-state index in [9.17, 15) is 13.6 Å². The first-order valence-corrected chi connectivity index (χ1v) is 10.8. The molecule has 3 nitrogen and oxygen atoms in total. The van der Waals surface area contributed by atoms with Crippen molar-refractivity contribution < 1.29 is 13.6 Å². The highest BCUT2D eigenvalue weighted by Gasteiger charge is 2.20. The highest BCUT2D eigenvalue weighted by atomic mass is 35.5. The van der Waals surface area contributed by atoms with Gasteiger partial charge in [0.25, 0.3) is 0 Å². The van der Waals surface area contributed by atoms with Crippen molar-refractivity contribution in [1.29, 1.82) is 0 Å². The average Bonchev–Trinajstić information content (AvgIpc) is 3.09. The van der Waals surface area contributed by atoms with Crippen LogP contribution in [0.5, 0.6) is 0 Å². The van der Waals surface area contributed by atoms with Crippen molar-refractivity contribution in [1.82, 2.24) is 4.57 Å². The van der Waals surface area contributed by atoms with E-state index in [0.717, 1.165) is 11.1 Å². The van der Waals surface area contributed by atoms with E-state index in [1.54, 1.807) is 47.0 Å². The molecule has 0 saturated heterocycles. The summed E-state index contributed by atoms with van der Waals surface area (Å²) in [5.41, 5.74) is 8.55. The number of aromatic nitrogens is 1. The number of halogens is 4. The van der Waals surface area contributed by atoms with Crippen LogP contribution in [-0.2, 0) is 6.54 Å². The summed E-state index contributed by atoms with van der Waals surface area (Å²) in [6.45, 7) is -0.0909. The van der Waals surface area contributed by atoms with Crippen molar-refractivity contribution in [3.05, 3.63) is 106 Å². The van der Waals surface area contributed by atoms with Gasteiger partial charge in [0.1, 0.15) is 11.6 Å². The van der Waals surface area contributed by atoms with Gasteiger partial charge in [-0.25, -0.2) is 8.78 Å². The number of hydrogen-bond acceptors (Lipinski definition) is 1. The number of benzene rings is 4. The SMILES string of the molecule is NC(=O)c1cccc2c1c1[c]cc(-c3ccc(Cl)cc3Cl)cc1n2Cc1c(F)cccc1F. The molecule has 4 aromatic carbocycles. The van der Waals surface area contributed by atoms with E-state index in [4.69, 9.17) is 28.9 Å². The van der Waals surface area contributed by atoms with Gasteiger partial charge in [-0.2, -0.15) is 0 Å². The van der Waals surface area contributed by atoms with Crippen LogP contribution < -0.4 is 5.73 Å². The summed E-state index contributed by atoms with van der Waals surface area (Å²) in [5, 5.41) is 2.15. The normalized spacial score (nSPS) is 11.4. The second-order valence-electron chi connectivity index (χ2n) is 7.62. The summed E-state index contributed by atoms with van der Waals surface area (Å²) in [6.07, 6.45) is 0. The Morgan fingerprint density at radius 2 is 1.70 bits per heavy atom. The number of fused-ring (bicyclic) bond motifs is 3. The fraction of sp³-hybridized carbons (Fsp3) is 0.0385. The fourth-order valence-electron chi connectivity index (χ4n) is 4.15. The minimum atomic E-state index is -0.656. The van der Waals surface area contributed by atoms with Gasteiger partial charge in [0.15, 0.2) is 0 Å². The molecule has 0 bridgehead atoms. The van der Waals surface area contributed by atoms with Crippen molar-refractivity contribution in [2.75, 3.05) is 0 Å². The molecule has 163 valence electrons. The quantitative estimate of drug-likeness (QED) is 0.296. The van der Waals surface area contributed by atoms with Crippen molar-refractivity contribution in [2.24, 2.45) is 5.73 Å². The molecule has 5 aromatic rings. The molecule has 0 atom stereocenters. The van der Waals surface area contributed by atoms with Crippen molar-refractivity contribution in [2.45, 2.75) is 6.54 Å². The number of nitrogens with zero attached hydrogens (tertiary/aromatic N) is 1. The predicted octanol–water partition coefficient (Wildman–Crippen LogP) is 6.99. The van der Waals surface area contributed by atoms with Crippen molar-refractivity contribution in [3.63, 3.8) is 0 Å². The summed E-state index contributed by atoms with van der Waals surface area (Å²) in [5.74, 6) is -1.91. The van der Waals surface area contributed by atoms with Gasteiger partial charge in [0, 0.05) is 37.5 Å². The third kappa shape index (κ3) is 3.63. The maximum absolute atomic E-state index is 14.5. The molecule has 0 saturated carbocycles. The Bertz CT molecular complexity index is 1560. The lowest BCUT2D eigenvalue weighted by Crippen LogP contribution is -2.11. The van der Waals surface area contributed by atoms with Gasteiger partial charge >= 0.3 is 0 Å². The minimum absolute atomic E-state index is 0.0873. The molecular weight excluding hydrogens is 465 g/mol. The van der Waals surface area contributed by atoms with E-state index in [1.165, 1.54) is 18.2 Å². The molecule has 33 heavy (non-hydrogen) atoms. The van der Waals surface area contributed by atoms with Crippen LogP contribution in [0.2, 0.25) is 10.0 Å². The van der Waals surface area contributed by atoms with Crippen LogP contribution in [0.1, 0.15) is 15.9 Å². The molecule has 0 aliphatic carbocycles. The maximum atomic E-state index is 14.5. The topological polar surface area (TPSA) is 48.0 Å². The van der Waals surface area contributed by atoms with Gasteiger partial charge in [-0.15, -0.1) is 0 Å². The first-order chi connectivity index (χ1) is 15.8. The molecule has 7 heteroatoms. The Hall–Kier alpha value is -3.41. The standard InChI is InChI=1S/C26H15Cl2F2N2O/c27-15-8-10-16(20(28)12-15)14-7-9-17-24(11-14)32(13-19-21(29)4-2-5-22(19)30)23-6-1-3-18(25(17)23)26(31)33/h1-8,10-12H,13H2,(H2,31,33). The van der Waals surface area contributed by atoms with Crippen LogP contribution in [-0.4, -0.2) is 10.5 Å². The van der Waals surface area contributed by atoms with Gasteiger partial charge in [0.2, 0.25) is 5.91 Å². The van der Waals surface area contributed by atoms with Crippen LogP contribution in [0.3, 0.4) is 0 Å². The molecular formula is C26H15Cl2F2N2O. The number of carbonyl (C=O) groups is 1. The summed E-state index contributed by atoms with van der Waals surface area (Å²) in [6, 6.07) is 20.8. The van der Waals surface area contributed by atoms with Gasteiger partial charge in [-0.3, -0.25) is 4.79 Å². The number of primary amides is 1. The van der Waals surface area contributed by atoms with Gasteiger partial charge < -0.3 is 10.3 Å². The lowest BCUT2D eigenvalue weighted by Gasteiger charge is -2.11. The molecule has 5 rings (SSSR count). The molecule has 0 aliphatic heterocycles. The van der Waals surface area contributed by atoms with Gasteiger partial charge in [0.05, 0.1) is 17.6 Å². The highest BCUT2D eigenvalue weighted by molar-refractivity contribution is 6.36. The minimum Gasteiger partial charge on any atom is -0.366 e. The zero-order chi connectivity index (χ0) is 23.3. The number of nitrogens with two attached hydrogens (primary N) is 1. The van der Waals surface area contributed by atoms with Crippen LogP contribution in [0.15, 0.2) is 66.7 Å². The fourth-order valence-corrected chi connectivity index (χ4v) is 4.67. The summed E-state index contributed by atoms with van der Waals surface area (Å²) in [7, 11) is 0. The first-order valence-electron chi connectivity index (χ1n) is 10.00. The zero-order valence-corrected chi connectivity index (χ0v) is 18.5. The van der Waals surface area contributed by atoms with Crippen molar-refractivity contribution >= 4 is 50.9 Å². The molecule has 1 aromatic heterocycles. The predicted molar refractivity (Wildman–Crippen MR) is 128 cm³/mol. The van der Waals surface area contributed by atoms with Gasteiger partial charge in [-0.1, -0.05) is 41.4 Å². The van der Waals surface area contributed by atoms with E-state index >= 15 is 0 Å². The Balaban J connectivity index is 1.83.